The first-order valence-electron chi connectivity index (χ1n) is 6.77. The summed E-state index contributed by atoms with van der Waals surface area (Å²) in [5, 5.41) is 10.2. The van der Waals surface area contributed by atoms with Gasteiger partial charge in [-0.05, 0) is 50.5 Å². The first kappa shape index (κ1) is 11.5. The van der Waals surface area contributed by atoms with Crippen LogP contribution in [-0.2, 0) is 4.79 Å². The lowest BCUT2D eigenvalue weighted by molar-refractivity contribution is -0.126. The van der Waals surface area contributed by atoms with Crippen LogP contribution in [0.15, 0.2) is 11.1 Å². The predicted molar refractivity (Wildman–Crippen MR) is 66.4 cm³/mol. The van der Waals surface area contributed by atoms with Crippen molar-refractivity contribution >= 4 is 5.78 Å². The SMILES string of the molecule is CC1=C(C)C23CC(O)C(C)C2CCC3(C)C1=O. The Labute approximate surface area is 103 Å². The van der Waals surface area contributed by atoms with Gasteiger partial charge in [-0.3, -0.25) is 4.79 Å². The molecule has 1 N–H and O–H groups in total. The quantitative estimate of drug-likeness (QED) is 0.699. The summed E-state index contributed by atoms with van der Waals surface area (Å²) in [5.41, 5.74) is 2.00. The van der Waals surface area contributed by atoms with Gasteiger partial charge in [-0.2, -0.15) is 0 Å². The third-order valence-electron chi connectivity index (χ3n) is 6.42. The number of hydrogen-bond donors (Lipinski definition) is 1. The molecule has 2 nitrogen and oxygen atoms in total. The third-order valence-corrected chi connectivity index (χ3v) is 6.42. The van der Waals surface area contributed by atoms with E-state index in [9.17, 15) is 9.90 Å². The molecule has 1 spiro atoms. The maximum atomic E-state index is 12.5. The highest BCUT2D eigenvalue weighted by atomic mass is 16.3. The van der Waals surface area contributed by atoms with Gasteiger partial charge >= 0.3 is 0 Å². The zero-order valence-electron chi connectivity index (χ0n) is 11.2. The molecule has 5 unspecified atom stereocenters. The van der Waals surface area contributed by atoms with Gasteiger partial charge < -0.3 is 5.11 Å². The van der Waals surface area contributed by atoms with Crippen molar-refractivity contribution < 1.29 is 9.90 Å². The lowest BCUT2D eigenvalue weighted by Crippen LogP contribution is -2.38. The summed E-state index contributed by atoms with van der Waals surface area (Å²) < 4.78 is 0. The van der Waals surface area contributed by atoms with E-state index in [4.69, 9.17) is 0 Å². The average molecular weight is 234 g/mol. The van der Waals surface area contributed by atoms with Gasteiger partial charge in [-0.1, -0.05) is 19.4 Å². The van der Waals surface area contributed by atoms with E-state index in [0.29, 0.717) is 17.6 Å². The number of Topliss-reactive ketones (excluding diaryl/α,β-unsaturated/α-hetero) is 1. The van der Waals surface area contributed by atoms with Crippen LogP contribution in [-0.4, -0.2) is 17.0 Å². The summed E-state index contributed by atoms with van der Waals surface area (Å²) in [6.07, 6.45) is 2.67. The molecule has 3 aliphatic rings. The van der Waals surface area contributed by atoms with E-state index in [1.54, 1.807) is 0 Å². The fourth-order valence-electron chi connectivity index (χ4n) is 5.27. The summed E-state index contributed by atoms with van der Waals surface area (Å²) in [4.78, 5) is 12.5. The number of ketones is 1. The molecule has 2 fully saturated rings. The number of rotatable bonds is 0. The van der Waals surface area contributed by atoms with Crippen molar-refractivity contribution in [3.63, 3.8) is 0 Å². The second kappa shape index (κ2) is 3.03. The second-order valence-electron chi connectivity index (χ2n) is 6.66. The molecule has 3 rings (SSSR count). The molecule has 0 aromatic rings. The molecule has 0 aromatic carbocycles. The summed E-state index contributed by atoms with van der Waals surface area (Å²) in [6, 6.07) is 0. The van der Waals surface area contributed by atoms with Gasteiger partial charge in [-0.15, -0.1) is 0 Å². The van der Waals surface area contributed by atoms with Crippen molar-refractivity contribution in [3.05, 3.63) is 11.1 Å². The van der Waals surface area contributed by atoms with Gasteiger partial charge in [0.05, 0.1) is 6.10 Å². The first-order valence-corrected chi connectivity index (χ1v) is 6.77. The molecule has 0 amide bonds. The van der Waals surface area contributed by atoms with Crippen LogP contribution in [0.4, 0.5) is 0 Å². The van der Waals surface area contributed by atoms with Crippen molar-refractivity contribution in [3.8, 4) is 0 Å². The van der Waals surface area contributed by atoms with Crippen LogP contribution in [0.5, 0.6) is 0 Å². The molecule has 2 heteroatoms. The number of aliphatic hydroxyl groups is 1. The van der Waals surface area contributed by atoms with E-state index in [2.05, 4.69) is 20.8 Å². The number of allylic oxidation sites excluding steroid dienone is 2. The van der Waals surface area contributed by atoms with Crippen molar-refractivity contribution in [2.45, 2.75) is 53.1 Å². The highest BCUT2D eigenvalue weighted by Gasteiger charge is 2.70. The molecule has 5 atom stereocenters. The summed E-state index contributed by atoms with van der Waals surface area (Å²) in [6.45, 7) is 8.39. The summed E-state index contributed by atoms with van der Waals surface area (Å²) in [5.74, 6) is 1.19. The molecule has 0 heterocycles. The fourth-order valence-corrected chi connectivity index (χ4v) is 5.27. The Morgan fingerprint density at radius 3 is 2.65 bits per heavy atom. The smallest absolute Gasteiger partial charge is 0.165 e. The molecule has 0 saturated heterocycles. The Morgan fingerprint density at radius 1 is 1.35 bits per heavy atom. The molecule has 0 radical (unpaired) electrons. The maximum Gasteiger partial charge on any atom is 0.165 e. The standard InChI is InChI=1S/C15H22O2/c1-8-10(3)15-7-12(16)9(2)11(15)5-6-14(15,4)13(8)17/h9,11-12,16H,5-7H2,1-4H3. The zero-order valence-corrected chi connectivity index (χ0v) is 11.2. The summed E-state index contributed by atoms with van der Waals surface area (Å²) >= 11 is 0. The van der Waals surface area contributed by atoms with Crippen LogP contribution in [0, 0.1) is 22.7 Å². The predicted octanol–water partition coefficient (Wildman–Crippen LogP) is 2.71. The van der Waals surface area contributed by atoms with Crippen molar-refractivity contribution in [1.29, 1.82) is 0 Å². The van der Waals surface area contributed by atoms with E-state index in [-0.39, 0.29) is 16.9 Å². The summed E-state index contributed by atoms with van der Waals surface area (Å²) in [7, 11) is 0. The van der Waals surface area contributed by atoms with E-state index < -0.39 is 0 Å². The lowest BCUT2D eigenvalue weighted by Gasteiger charge is -2.39. The normalized spacial score (nSPS) is 53.2. The largest absolute Gasteiger partial charge is 0.393 e. The van der Waals surface area contributed by atoms with Crippen molar-refractivity contribution in [2.24, 2.45) is 22.7 Å². The number of carbonyl (C=O) groups excluding carboxylic acids is 1. The Hall–Kier alpha value is -0.630. The molecular formula is C15H22O2. The Morgan fingerprint density at radius 2 is 2.00 bits per heavy atom. The monoisotopic (exact) mass is 234 g/mol. The Balaban J connectivity index is 2.21. The maximum absolute atomic E-state index is 12.5. The molecule has 0 aliphatic heterocycles. The van der Waals surface area contributed by atoms with Crippen molar-refractivity contribution in [2.75, 3.05) is 0 Å². The molecule has 3 aliphatic carbocycles. The number of carbonyl (C=O) groups is 1. The number of aliphatic hydroxyl groups excluding tert-OH is 1. The van der Waals surface area contributed by atoms with E-state index in [0.717, 1.165) is 24.8 Å². The second-order valence-corrected chi connectivity index (χ2v) is 6.66. The van der Waals surface area contributed by atoms with Crippen LogP contribution in [0.1, 0.15) is 47.0 Å². The van der Waals surface area contributed by atoms with Crippen LogP contribution < -0.4 is 0 Å². The molecule has 0 aromatic heterocycles. The average Bonchev–Trinajstić information content (AvgIpc) is 2.77. The number of hydrogen-bond acceptors (Lipinski definition) is 2. The van der Waals surface area contributed by atoms with Crippen molar-refractivity contribution in [1.82, 2.24) is 0 Å². The minimum absolute atomic E-state index is 0.0208. The van der Waals surface area contributed by atoms with Crippen LogP contribution in [0.25, 0.3) is 0 Å². The van der Waals surface area contributed by atoms with Gasteiger partial charge in [0.15, 0.2) is 5.78 Å². The molecule has 0 bridgehead atoms. The lowest BCUT2D eigenvalue weighted by atomic mass is 9.63. The van der Waals surface area contributed by atoms with Gasteiger partial charge in [0, 0.05) is 10.8 Å². The Bertz CT molecular complexity index is 436. The third kappa shape index (κ3) is 0.965. The highest BCUT2D eigenvalue weighted by Crippen LogP contribution is 2.72. The van der Waals surface area contributed by atoms with Gasteiger partial charge in [0.25, 0.3) is 0 Å². The van der Waals surface area contributed by atoms with Gasteiger partial charge in [0.2, 0.25) is 0 Å². The minimum atomic E-state index is -0.228. The molecular weight excluding hydrogens is 212 g/mol. The van der Waals surface area contributed by atoms with Gasteiger partial charge in [0.1, 0.15) is 0 Å². The molecule has 2 saturated carbocycles. The van der Waals surface area contributed by atoms with E-state index in [1.165, 1.54) is 5.57 Å². The Kier molecular flexibility index (Phi) is 2.04. The molecule has 94 valence electrons. The fraction of sp³-hybridized carbons (Fsp3) is 0.800. The topological polar surface area (TPSA) is 37.3 Å². The first-order chi connectivity index (χ1) is 7.86. The van der Waals surface area contributed by atoms with E-state index >= 15 is 0 Å². The molecule has 17 heavy (non-hydrogen) atoms. The van der Waals surface area contributed by atoms with Gasteiger partial charge in [-0.25, -0.2) is 0 Å². The highest BCUT2D eigenvalue weighted by molar-refractivity contribution is 6.04. The van der Waals surface area contributed by atoms with Crippen LogP contribution >= 0.6 is 0 Å². The zero-order chi connectivity index (χ0) is 12.6. The van der Waals surface area contributed by atoms with Crippen LogP contribution in [0.3, 0.4) is 0 Å². The minimum Gasteiger partial charge on any atom is -0.393 e. The van der Waals surface area contributed by atoms with E-state index in [1.807, 2.05) is 6.92 Å². The van der Waals surface area contributed by atoms with Crippen LogP contribution in [0.2, 0.25) is 0 Å².